The quantitative estimate of drug-likeness (QED) is 0.402. The average molecular weight is 465 g/mol. The van der Waals surface area contributed by atoms with Crippen molar-refractivity contribution in [2.75, 3.05) is 13.2 Å². The predicted octanol–water partition coefficient (Wildman–Crippen LogP) is 4.04. The van der Waals surface area contributed by atoms with Crippen LogP contribution in [0.1, 0.15) is 52.4 Å². The largest absolute Gasteiger partial charge is 0.491 e. The number of rotatable bonds is 10. The molecule has 1 aliphatic heterocycles. The SMILES string of the molecule is CCCC(C)CC(=O)O[C@H]1CC[C@@H]2[C@@H](/C=C/[C@@H](O)COc3ccc(F)cc3)[C@H](O)C[C@@H]2OC1. The molecule has 184 valence electrons. The van der Waals surface area contributed by atoms with Gasteiger partial charge in [-0.1, -0.05) is 38.8 Å². The number of aliphatic hydroxyl groups excluding tert-OH is 2. The van der Waals surface area contributed by atoms with Crippen molar-refractivity contribution in [1.29, 1.82) is 0 Å². The van der Waals surface area contributed by atoms with Crippen LogP contribution in [0.3, 0.4) is 0 Å². The molecule has 0 aromatic heterocycles. The maximum atomic E-state index is 13.0. The van der Waals surface area contributed by atoms with Gasteiger partial charge in [-0.25, -0.2) is 4.39 Å². The fourth-order valence-corrected chi connectivity index (χ4v) is 4.87. The monoisotopic (exact) mass is 464 g/mol. The van der Waals surface area contributed by atoms with Crippen molar-refractivity contribution in [3.05, 3.63) is 42.2 Å². The van der Waals surface area contributed by atoms with Gasteiger partial charge in [0.15, 0.2) is 0 Å². The van der Waals surface area contributed by atoms with E-state index in [-0.39, 0.29) is 42.4 Å². The Morgan fingerprint density at radius 2 is 2.06 bits per heavy atom. The molecule has 3 rings (SSSR count). The van der Waals surface area contributed by atoms with Gasteiger partial charge in [-0.05, 0) is 48.9 Å². The molecule has 1 saturated carbocycles. The number of aliphatic hydroxyl groups is 2. The number of benzene rings is 1. The average Bonchev–Trinajstić information content (AvgIpc) is 2.94. The second kappa shape index (κ2) is 12.5. The summed E-state index contributed by atoms with van der Waals surface area (Å²) in [5.41, 5.74) is 0. The van der Waals surface area contributed by atoms with Crippen molar-refractivity contribution in [3.63, 3.8) is 0 Å². The Morgan fingerprint density at radius 1 is 1.30 bits per heavy atom. The van der Waals surface area contributed by atoms with E-state index in [1.165, 1.54) is 24.3 Å². The summed E-state index contributed by atoms with van der Waals surface area (Å²) in [5.74, 6) is 0.237. The number of ether oxygens (including phenoxy) is 3. The number of fused-ring (bicyclic) bond motifs is 1. The van der Waals surface area contributed by atoms with Crippen LogP contribution >= 0.6 is 0 Å². The first-order valence-electron chi connectivity index (χ1n) is 12.1. The van der Waals surface area contributed by atoms with Crippen LogP contribution in [0.25, 0.3) is 0 Å². The molecule has 6 nitrogen and oxygen atoms in total. The van der Waals surface area contributed by atoms with Gasteiger partial charge in [-0.15, -0.1) is 0 Å². The second-order valence-electron chi connectivity index (χ2n) is 9.42. The van der Waals surface area contributed by atoms with E-state index in [9.17, 15) is 19.4 Å². The molecular weight excluding hydrogens is 427 g/mol. The van der Waals surface area contributed by atoms with E-state index in [4.69, 9.17) is 14.2 Å². The van der Waals surface area contributed by atoms with Gasteiger partial charge < -0.3 is 24.4 Å². The fourth-order valence-electron chi connectivity index (χ4n) is 4.87. The number of carbonyl (C=O) groups excluding carboxylic acids is 1. The van der Waals surface area contributed by atoms with Crippen molar-refractivity contribution in [1.82, 2.24) is 0 Å². The molecule has 1 aliphatic carbocycles. The van der Waals surface area contributed by atoms with E-state index in [2.05, 4.69) is 13.8 Å². The highest BCUT2D eigenvalue weighted by Crippen LogP contribution is 2.40. The van der Waals surface area contributed by atoms with Crippen LogP contribution in [-0.4, -0.2) is 53.8 Å². The molecule has 2 aliphatic rings. The Kier molecular flexibility index (Phi) is 9.71. The molecule has 0 radical (unpaired) electrons. The van der Waals surface area contributed by atoms with Crippen LogP contribution < -0.4 is 4.74 Å². The molecule has 2 N–H and O–H groups in total. The van der Waals surface area contributed by atoms with Crippen LogP contribution in [0.2, 0.25) is 0 Å². The third kappa shape index (κ3) is 7.80. The normalized spacial score (nSPS) is 29.3. The summed E-state index contributed by atoms with van der Waals surface area (Å²) in [6, 6.07) is 5.62. The van der Waals surface area contributed by atoms with Crippen LogP contribution in [-0.2, 0) is 14.3 Å². The van der Waals surface area contributed by atoms with Crippen molar-refractivity contribution < 1.29 is 33.6 Å². The maximum absolute atomic E-state index is 13.0. The molecule has 1 aromatic carbocycles. The summed E-state index contributed by atoms with van der Waals surface area (Å²) in [6.07, 6.45) is 6.22. The zero-order chi connectivity index (χ0) is 23.8. The molecule has 7 atom stereocenters. The first-order valence-corrected chi connectivity index (χ1v) is 12.1. The highest BCUT2D eigenvalue weighted by Gasteiger charge is 2.43. The van der Waals surface area contributed by atoms with E-state index in [0.29, 0.717) is 37.5 Å². The molecular formula is C26H37FO6. The van der Waals surface area contributed by atoms with Gasteiger partial charge in [0.2, 0.25) is 0 Å². The Morgan fingerprint density at radius 3 is 2.79 bits per heavy atom. The number of hydrogen-bond acceptors (Lipinski definition) is 6. The van der Waals surface area contributed by atoms with E-state index >= 15 is 0 Å². The van der Waals surface area contributed by atoms with Crippen LogP contribution in [0, 0.1) is 23.6 Å². The van der Waals surface area contributed by atoms with Gasteiger partial charge in [-0.2, -0.15) is 0 Å². The zero-order valence-corrected chi connectivity index (χ0v) is 19.6. The van der Waals surface area contributed by atoms with E-state index in [1.54, 1.807) is 6.08 Å². The summed E-state index contributed by atoms with van der Waals surface area (Å²) < 4.78 is 30.1. The predicted molar refractivity (Wildman–Crippen MR) is 122 cm³/mol. The summed E-state index contributed by atoms with van der Waals surface area (Å²) >= 11 is 0. The highest BCUT2D eigenvalue weighted by molar-refractivity contribution is 5.69. The summed E-state index contributed by atoms with van der Waals surface area (Å²) in [4.78, 5) is 12.2. The third-order valence-electron chi connectivity index (χ3n) is 6.59. The van der Waals surface area contributed by atoms with Crippen molar-refractivity contribution in [3.8, 4) is 5.75 Å². The molecule has 0 amide bonds. The lowest BCUT2D eigenvalue weighted by atomic mass is 9.88. The Balaban J connectivity index is 1.48. The highest BCUT2D eigenvalue weighted by atomic mass is 19.1. The number of carbonyl (C=O) groups is 1. The van der Waals surface area contributed by atoms with Crippen molar-refractivity contribution in [2.24, 2.45) is 17.8 Å². The zero-order valence-electron chi connectivity index (χ0n) is 19.6. The molecule has 0 spiro atoms. The second-order valence-corrected chi connectivity index (χ2v) is 9.42. The molecule has 1 heterocycles. The lowest BCUT2D eigenvalue weighted by Gasteiger charge is -2.21. The lowest BCUT2D eigenvalue weighted by Crippen LogP contribution is -2.25. The van der Waals surface area contributed by atoms with Crippen LogP contribution in [0.4, 0.5) is 4.39 Å². The molecule has 2 fully saturated rings. The van der Waals surface area contributed by atoms with Crippen molar-refractivity contribution >= 4 is 5.97 Å². The first kappa shape index (κ1) is 25.7. The fraction of sp³-hybridized carbons (Fsp3) is 0.654. The minimum Gasteiger partial charge on any atom is -0.491 e. The lowest BCUT2D eigenvalue weighted by molar-refractivity contribution is -0.153. The summed E-state index contributed by atoms with van der Waals surface area (Å²) in [6.45, 7) is 4.56. The van der Waals surface area contributed by atoms with Gasteiger partial charge in [0.25, 0.3) is 0 Å². The van der Waals surface area contributed by atoms with Gasteiger partial charge in [0.1, 0.15) is 30.4 Å². The van der Waals surface area contributed by atoms with Crippen LogP contribution in [0.5, 0.6) is 5.75 Å². The van der Waals surface area contributed by atoms with Gasteiger partial charge in [0.05, 0.1) is 18.8 Å². The maximum Gasteiger partial charge on any atom is 0.306 e. The van der Waals surface area contributed by atoms with Crippen molar-refractivity contribution in [2.45, 2.75) is 76.8 Å². The van der Waals surface area contributed by atoms with Gasteiger partial charge in [0, 0.05) is 18.8 Å². The first-order chi connectivity index (χ1) is 15.9. The molecule has 0 bridgehead atoms. The minimum atomic E-state index is -0.855. The number of esters is 1. The Bertz CT molecular complexity index is 767. The van der Waals surface area contributed by atoms with E-state index in [0.717, 1.165) is 19.3 Å². The van der Waals surface area contributed by atoms with Crippen LogP contribution in [0.15, 0.2) is 36.4 Å². The molecule has 1 aromatic rings. The smallest absolute Gasteiger partial charge is 0.306 e. The minimum absolute atomic E-state index is 0.0318. The standard InChI is InChI=1S/C26H37FO6/c1-3-4-17(2)13-26(30)33-21-10-12-23-22(24(29)14-25(23)32-16-21)11-7-19(28)15-31-20-8-5-18(27)6-9-20/h5-9,11,17,19,21-25,28-29H,3-4,10,12-16H2,1-2H3/b11-7+/t17?,19-,21+,22-,23-,24-,25+/m1/s1. The summed E-state index contributed by atoms with van der Waals surface area (Å²) in [5, 5.41) is 20.8. The molecule has 1 unspecified atom stereocenters. The summed E-state index contributed by atoms with van der Waals surface area (Å²) in [7, 11) is 0. The van der Waals surface area contributed by atoms with Gasteiger partial charge in [-0.3, -0.25) is 4.79 Å². The number of hydrogen-bond donors (Lipinski definition) is 2. The topological polar surface area (TPSA) is 85.2 Å². The van der Waals surface area contributed by atoms with E-state index < -0.39 is 12.2 Å². The molecule has 33 heavy (non-hydrogen) atoms. The number of halogens is 1. The van der Waals surface area contributed by atoms with Gasteiger partial charge >= 0.3 is 5.97 Å². The third-order valence-corrected chi connectivity index (χ3v) is 6.59. The molecule has 7 heteroatoms. The van der Waals surface area contributed by atoms with E-state index in [1.807, 2.05) is 6.08 Å². The molecule has 1 saturated heterocycles. The Hall–Kier alpha value is -1.96. The Labute approximate surface area is 195 Å².